The number of likely N-dealkylation sites (tertiary alicyclic amines) is 1. The maximum atomic E-state index is 13.2. The van der Waals surface area contributed by atoms with Crippen molar-refractivity contribution in [3.05, 3.63) is 0 Å². The highest BCUT2D eigenvalue weighted by Crippen LogP contribution is 2.21. The summed E-state index contributed by atoms with van der Waals surface area (Å²) in [7, 11) is 0. The summed E-state index contributed by atoms with van der Waals surface area (Å²) in [5, 5.41) is 23.1. The van der Waals surface area contributed by atoms with E-state index in [9.17, 15) is 29.1 Å². The molecule has 1 saturated heterocycles. The predicted octanol–water partition coefficient (Wildman–Crippen LogP) is -0.0742. The molecule has 1 heterocycles. The molecule has 182 valence electrons. The van der Waals surface area contributed by atoms with Crippen LogP contribution in [-0.2, 0) is 24.0 Å². The van der Waals surface area contributed by atoms with Gasteiger partial charge in [-0.2, -0.15) is 0 Å². The van der Waals surface area contributed by atoms with Gasteiger partial charge in [-0.15, -0.1) is 0 Å². The largest absolute Gasteiger partial charge is 0.481 e. The van der Waals surface area contributed by atoms with Crippen LogP contribution < -0.4 is 16.4 Å². The first-order valence-electron chi connectivity index (χ1n) is 11.0. The smallest absolute Gasteiger partial charge is 0.326 e. The fraction of sp³-hybridized carbons (Fsp3) is 0.762. The van der Waals surface area contributed by atoms with E-state index in [0.29, 0.717) is 25.8 Å². The first kappa shape index (κ1) is 27.3. The van der Waals surface area contributed by atoms with Gasteiger partial charge in [-0.05, 0) is 31.1 Å². The van der Waals surface area contributed by atoms with Gasteiger partial charge in [0.05, 0.1) is 6.04 Å². The second-order valence-corrected chi connectivity index (χ2v) is 8.66. The van der Waals surface area contributed by atoms with Crippen molar-refractivity contribution >= 4 is 29.7 Å². The van der Waals surface area contributed by atoms with Crippen LogP contribution in [0.4, 0.5) is 0 Å². The lowest BCUT2D eigenvalue weighted by Gasteiger charge is -2.32. The van der Waals surface area contributed by atoms with E-state index in [4.69, 9.17) is 10.8 Å². The lowest BCUT2D eigenvalue weighted by atomic mass is 9.97. The summed E-state index contributed by atoms with van der Waals surface area (Å²) in [6.07, 6.45) is 0.906. The van der Waals surface area contributed by atoms with E-state index in [1.807, 2.05) is 13.8 Å². The molecule has 0 spiro atoms. The predicted molar refractivity (Wildman–Crippen MR) is 115 cm³/mol. The summed E-state index contributed by atoms with van der Waals surface area (Å²) in [5.41, 5.74) is 5.98. The van der Waals surface area contributed by atoms with Gasteiger partial charge >= 0.3 is 11.9 Å². The molecule has 1 aliphatic heterocycles. The molecule has 5 atom stereocenters. The molecule has 0 radical (unpaired) electrons. The maximum Gasteiger partial charge on any atom is 0.326 e. The Balaban J connectivity index is 2.92. The van der Waals surface area contributed by atoms with Crippen LogP contribution in [-0.4, -0.2) is 75.5 Å². The van der Waals surface area contributed by atoms with Crippen molar-refractivity contribution in [1.82, 2.24) is 15.5 Å². The van der Waals surface area contributed by atoms with Gasteiger partial charge in [0.2, 0.25) is 17.7 Å². The van der Waals surface area contributed by atoms with E-state index in [1.165, 1.54) is 4.90 Å². The molecule has 3 amide bonds. The van der Waals surface area contributed by atoms with Gasteiger partial charge in [0.15, 0.2) is 0 Å². The molecule has 1 aliphatic rings. The normalized spacial score (nSPS) is 19.7. The van der Waals surface area contributed by atoms with Crippen LogP contribution in [0, 0.1) is 11.8 Å². The van der Waals surface area contributed by atoms with Crippen LogP contribution in [0.15, 0.2) is 0 Å². The van der Waals surface area contributed by atoms with Crippen molar-refractivity contribution in [1.29, 1.82) is 0 Å². The number of nitrogens with two attached hydrogens (primary N) is 1. The Morgan fingerprint density at radius 2 is 1.72 bits per heavy atom. The lowest BCUT2D eigenvalue weighted by Crippen LogP contribution is -2.58. The minimum Gasteiger partial charge on any atom is -0.481 e. The Morgan fingerprint density at radius 1 is 1.09 bits per heavy atom. The lowest BCUT2D eigenvalue weighted by molar-refractivity contribution is -0.146. The molecule has 11 nitrogen and oxygen atoms in total. The van der Waals surface area contributed by atoms with Crippen LogP contribution >= 0.6 is 0 Å². The van der Waals surface area contributed by atoms with Crippen LogP contribution in [0.5, 0.6) is 0 Å². The molecular weight excluding hydrogens is 420 g/mol. The molecule has 11 heteroatoms. The Bertz CT molecular complexity index is 712. The number of rotatable bonds is 12. The Labute approximate surface area is 188 Å². The number of nitrogens with zero attached hydrogens (tertiary/aromatic N) is 1. The molecule has 0 aromatic rings. The van der Waals surface area contributed by atoms with Gasteiger partial charge < -0.3 is 31.5 Å². The van der Waals surface area contributed by atoms with Gasteiger partial charge in [-0.25, -0.2) is 4.79 Å². The van der Waals surface area contributed by atoms with Crippen molar-refractivity contribution in [2.75, 3.05) is 6.54 Å². The highest BCUT2D eigenvalue weighted by molar-refractivity contribution is 5.94. The number of carbonyl (C=O) groups excluding carboxylic acids is 3. The second-order valence-electron chi connectivity index (χ2n) is 8.66. The zero-order valence-electron chi connectivity index (χ0n) is 19.2. The molecule has 0 aliphatic carbocycles. The first-order chi connectivity index (χ1) is 14.9. The van der Waals surface area contributed by atoms with Crippen molar-refractivity contribution in [2.45, 2.75) is 84.0 Å². The van der Waals surface area contributed by atoms with E-state index < -0.39 is 60.2 Å². The van der Waals surface area contributed by atoms with E-state index in [0.717, 1.165) is 0 Å². The number of amides is 3. The quantitative estimate of drug-likeness (QED) is 0.270. The molecular formula is C21H36N4O7. The monoisotopic (exact) mass is 456 g/mol. The number of aliphatic carboxylic acids is 2. The molecule has 1 fully saturated rings. The number of carboxylic acids is 2. The Hall–Kier alpha value is -2.69. The van der Waals surface area contributed by atoms with E-state index in [2.05, 4.69) is 10.6 Å². The standard InChI is InChI=1S/C21H36N4O7/c1-5-12(4)16(22)19(29)24-17(11(2)3)20(30)25-10-6-7-14(25)18(28)23-13(21(31)32)8-9-15(26)27/h11-14,16-17H,5-10,22H2,1-4H3,(H,23,28)(H,24,29)(H,26,27)(H,31,32). The highest BCUT2D eigenvalue weighted by atomic mass is 16.4. The minimum atomic E-state index is -1.37. The third-order valence-corrected chi connectivity index (χ3v) is 5.89. The summed E-state index contributed by atoms with van der Waals surface area (Å²) in [5.74, 6) is -4.37. The van der Waals surface area contributed by atoms with Crippen LogP contribution in [0.1, 0.15) is 59.8 Å². The van der Waals surface area contributed by atoms with Crippen molar-refractivity contribution in [2.24, 2.45) is 17.6 Å². The fourth-order valence-corrected chi connectivity index (χ4v) is 3.55. The Kier molecular flexibility index (Phi) is 10.6. The zero-order chi connectivity index (χ0) is 24.6. The topological polar surface area (TPSA) is 179 Å². The molecule has 1 rings (SSSR count). The van der Waals surface area contributed by atoms with Crippen molar-refractivity contribution < 1.29 is 34.2 Å². The minimum absolute atomic E-state index is 0.0676. The van der Waals surface area contributed by atoms with Gasteiger partial charge in [0, 0.05) is 13.0 Å². The number of hydrogen-bond acceptors (Lipinski definition) is 6. The summed E-state index contributed by atoms with van der Waals surface area (Å²) in [6.45, 7) is 7.60. The number of nitrogens with one attached hydrogen (secondary N) is 2. The molecule has 5 unspecified atom stereocenters. The van der Waals surface area contributed by atoms with E-state index >= 15 is 0 Å². The Morgan fingerprint density at radius 3 is 2.22 bits per heavy atom. The third-order valence-electron chi connectivity index (χ3n) is 5.89. The second kappa shape index (κ2) is 12.4. The number of hydrogen-bond donors (Lipinski definition) is 5. The van der Waals surface area contributed by atoms with Gasteiger partial charge in [0.25, 0.3) is 0 Å². The maximum absolute atomic E-state index is 13.2. The van der Waals surface area contributed by atoms with E-state index in [-0.39, 0.29) is 18.3 Å². The van der Waals surface area contributed by atoms with Crippen LogP contribution in [0.3, 0.4) is 0 Å². The summed E-state index contributed by atoms with van der Waals surface area (Å²) in [4.78, 5) is 62.0. The first-order valence-corrected chi connectivity index (χ1v) is 11.0. The number of carbonyl (C=O) groups is 5. The summed E-state index contributed by atoms with van der Waals surface area (Å²) >= 11 is 0. The van der Waals surface area contributed by atoms with Gasteiger partial charge in [-0.3, -0.25) is 19.2 Å². The molecule has 0 aromatic heterocycles. The molecule has 6 N–H and O–H groups in total. The molecule has 0 bridgehead atoms. The SMILES string of the molecule is CCC(C)C(N)C(=O)NC(C(=O)N1CCCC1C(=O)NC(CCC(=O)O)C(=O)O)C(C)C. The average molecular weight is 457 g/mol. The molecule has 32 heavy (non-hydrogen) atoms. The van der Waals surface area contributed by atoms with Gasteiger partial charge in [0.1, 0.15) is 18.1 Å². The summed E-state index contributed by atoms with van der Waals surface area (Å²) in [6, 6.07) is -3.91. The summed E-state index contributed by atoms with van der Waals surface area (Å²) < 4.78 is 0. The van der Waals surface area contributed by atoms with Gasteiger partial charge in [-0.1, -0.05) is 34.1 Å². The molecule has 0 aromatic carbocycles. The van der Waals surface area contributed by atoms with Crippen LogP contribution in [0.25, 0.3) is 0 Å². The third kappa shape index (κ3) is 7.47. The highest BCUT2D eigenvalue weighted by Gasteiger charge is 2.40. The van der Waals surface area contributed by atoms with Crippen LogP contribution in [0.2, 0.25) is 0 Å². The average Bonchev–Trinajstić information content (AvgIpc) is 3.22. The van der Waals surface area contributed by atoms with E-state index in [1.54, 1.807) is 13.8 Å². The fourth-order valence-electron chi connectivity index (χ4n) is 3.55. The number of carboxylic acid groups (broad SMARTS) is 2. The van der Waals surface area contributed by atoms with Crippen molar-refractivity contribution in [3.8, 4) is 0 Å². The molecule has 0 saturated carbocycles. The zero-order valence-corrected chi connectivity index (χ0v) is 19.2. The van der Waals surface area contributed by atoms with Crippen molar-refractivity contribution in [3.63, 3.8) is 0 Å².